The summed E-state index contributed by atoms with van der Waals surface area (Å²) in [7, 11) is 0. The molecule has 0 bridgehead atoms. The lowest BCUT2D eigenvalue weighted by atomic mass is 10.3. The van der Waals surface area contributed by atoms with Crippen molar-refractivity contribution in [1.82, 2.24) is 0 Å². The quantitative estimate of drug-likeness (QED) is 0.444. The smallest absolute Gasteiger partial charge is 0.191 e. The van der Waals surface area contributed by atoms with Crippen LogP contribution in [0.1, 0.15) is 0 Å². The van der Waals surface area contributed by atoms with Crippen molar-refractivity contribution >= 4 is 0 Å². The number of hydrogen-bond acceptors (Lipinski definition) is 0. The van der Waals surface area contributed by atoms with Crippen LogP contribution in [0.2, 0.25) is 0 Å². The maximum absolute atomic E-state index is 11.7. The number of alkyl halides is 5. The zero-order valence-corrected chi connectivity index (χ0v) is 5.22. The molecule has 0 fully saturated rings. The van der Waals surface area contributed by atoms with Crippen LogP contribution in [0.15, 0.2) is 17.9 Å². The molecule has 0 aliphatic rings. The van der Waals surface area contributed by atoms with E-state index in [-0.39, 0.29) is 0 Å². The van der Waals surface area contributed by atoms with E-state index in [1.54, 1.807) is 0 Å². The van der Waals surface area contributed by atoms with Crippen molar-refractivity contribution in [1.29, 1.82) is 0 Å². The van der Waals surface area contributed by atoms with E-state index in [4.69, 9.17) is 0 Å². The van der Waals surface area contributed by atoms with Gasteiger partial charge in [-0.15, -0.1) is 0 Å². The Labute approximate surface area is 62.0 Å². The van der Waals surface area contributed by atoms with Crippen molar-refractivity contribution in [2.24, 2.45) is 0 Å². The molecule has 7 heteroatoms. The molecule has 0 aromatic carbocycles. The predicted octanol–water partition coefficient (Wildman–Crippen LogP) is 3.12. The van der Waals surface area contributed by atoms with Gasteiger partial charge >= 0.3 is 18.2 Å². The van der Waals surface area contributed by atoms with Crippen LogP contribution in [0.5, 0.6) is 0 Å². The minimum Gasteiger partial charge on any atom is -0.191 e. The molecular weight excluding hydrogens is 193 g/mol. The topological polar surface area (TPSA) is 0 Å². The fourth-order valence-corrected chi connectivity index (χ4v) is 0.227. The van der Waals surface area contributed by atoms with E-state index in [0.29, 0.717) is 5.73 Å². The Balaban J connectivity index is 4.78. The summed E-state index contributed by atoms with van der Waals surface area (Å²) in [6.45, 7) is 0. The molecule has 0 N–H and O–H groups in total. The second-order valence-electron chi connectivity index (χ2n) is 1.67. The SMILES string of the molecule is FC(F)=C=CC(F)(F)C(F)(F)F. The molecule has 0 aliphatic heterocycles. The standard InChI is InChI=1S/C5HF7/c6-3(7)1-2-4(8,9)5(10,11)12/h2H. The van der Waals surface area contributed by atoms with Gasteiger partial charge in [0.1, 0.15) is 0 Å². The van der Waals surface area contributed by atoms with Crippen LogP contribution in [0, 0.1) is 0 Å². The molecule has 0 amide bonds. The van der Waals surface area contributed by atoms with Crippen molar-refractivity contribution in [3.63, 3.8) is 0 Å². The summed E-state index contributed by atoms with van der Waals surface area (Å²) in [4.78, 5) is 0. The second kappa shape index (κ2) is 3.18. The summed E-state index contributed by atoms with van der Waals surface area (Å²) in [6, 6.07) is 0. The lowest BCUT2D eigenvalue weighted by Gasteiger charge is -2.13. The zero-order valence-electron chi connectivity index (χ0n) is 5.22. The minimum absolute atomic E-state index is 0.481. The van der Waals surface area contributed by atoms with E-state index in [9.17, 15) is 30.7 Å². The summed E-state index contributed by atoms with van der Waals surface area (Å²) >= 11 is 0. The maximum atomic E-state index is 11.7. The number of rotatable bonds is 1. The lowest BCUT2D eigenvalue weighted by molar-refractivity contribution is -0.259. The van der Waals surface area contributed by atoms with Gasteiger partial charge in [0, 0.05) is 6.08 Å². The van der Waals surface area contributed by atoms with Crippen LogP contribution in [0.4, 0.5) is 30.7 Å². The third-order valence-corrected chi connectivity index (χ3v) is 0.741. The van der Waals surface area contributed by atoms with Crippen LogP contribution in [-0.2, 0) is 0 Å². The third kappa shape index (κ3) is 2.96. The average Bonchev–Trinajstić information content (AvgIpc) is 1.81. The Kier molecular flexibility index (Phi) is 2.93. The molecule has 0 unspecified atom stereocenters. The number of allylic oxidation sites excluding steroid dienone is 1. The Morgan fingerprint density at radius 2 is 1.42 bits per heavy atom. The average molecular weight is 194 g/mol. The number of hydrogen-bond donors (Lipinski definition) is 0. The first-order valence-corrected chi connectivity index (χ1v) is 2.40. The van der Waals surface area contributed by atoms with Gasteiger partial charge in [0.2, 0.25) is 0 Å². The fraction of sp³-hybridized carbons (Fsp3) is 0.400. The van der Waals surface area contributed by atoms with Gasteiger partial charge in [-0.05, 0) is 5.73 Å². The van der Waals surface area contributed by atoms with Crippen LogP contribution in [0.25, 0.3) is 0 Å². The summed E-state index contributed by atoms with van der Waals surface area (Å²) in [5.41, 5.74) is 0.481. The van der Waals surface area contributed by atoms with E-state index < -0.39 is 24.3 Å². The van der Waals surface area contributed by atoms with Gasteiger partial charge < -0.3 is 0 Å². The van der Waals surface area contributed by atoms with Crippen molar-refractivity contribution in [3.8, 4) is 0 Å². The van der Waals surface area contributed by atoms with Crippen LogP contribution in [-0.4, -0.2) is 12.1 Å². The summed E-state index contributed by atoms with van der Waals surface area (Å²) in [6.07, 6.45) is -9.63. The van der Waals surface area contributed by atoms with Crippen molar-refractivity contribution in [3.05, 3.63) is 17.9 Å². The highest BCUT2D eigenvalue weighted by Crippen LogP contribution is 2.36. The second-order valence-corrected chi connectivity index (χ2v) is 1.67. The molecule has 0 radical (unpaired) electrons. The molecule has 0 heterocycles. The summed E-state index contributed by atoms with van der Waals surface area (Å²) in [5.74, 6) is -5.27. The third-order valence-electron chi connectivity index (χ3n) is 0.741. The molecule has 0 spiro atoms. The molecule has 0 saturated heterocycles. The van der Waals surface area contributed by atoms with Gasteiger partial charge in [-0.2, -0.15) is 30.7 Å². The number of halogens is 7. The Bertz CT molecular complexity index is 212. The van der Waals surface area contributed by atoms with Crippen LogP contribution >= 0.6 is 0 Å². The highest BCUT2D eigenvalue weighted by atomic mass is 19.4. The Morgan fingerprint density at radius 3 is 1.67 bits per heavy atom. The molecule has 0 atom stereocenters. The highest BCUT2D eigenvalue weighted by molar-refractivity contribution is 4.99. The van der Waals surface area contributed by atoms with Gasteiger partial charge in [0.05, 0.1) is 0 Å². The molecule has 0 aromatic heterocycles. The van der Waals surface area contributed by atoms with Crippen LogP contribution < -0.4 is 0 Å². The van der Waals surface area contributed by atoms with Crippen LogP contribution in [0.3, 0.4) is 0 Å². The molecule has 0 nitrogen and oxygen atoms in total. The minimum atomic E-state index is -5.87. The molecule has 0 saturated carbocycles. The fourth-order valence-electron chi connectivity index (χ4n) is 0.227. The summed E-state index contributed by atoms with van der Waals surface area (Å²) in [5, 5.41) is 0. The van der Waals surface area contributed by atoms with E-state index in [0.717, 1.165) is 0 Å². The van der Waals surface area contributed by atoms with Gasteiger partial charge in [-0.1, -0.05) is 0 Å². The first-order valence-electron chi connectivity index (χ1n) is 2.40. The Hall–Kier alpha value is -0.970. The molecule has 12 heavy (non-hydrogen) atoms. The van der Waals surface area contributed by atoms with E-state index in [1.807, 2.05) is 0 Å². The largest absolute Gasteiger partial charge is 0.458 e. The molecule has 0 aromatic rings. The highest BCUT2D eigenvalue weighted by Gasteiger charge is 2.55. The lowest BCUT2D eigenvalue weighted by Crippen LogP contribution is -2.33. The first-order chi connectivity index (χ1) is 5.17. The van der Waals surface area contributed by atoms with Gasteiger partial charge in [-0.3, -0.25) is 0 Å². The van der Waals surface area contributed by atoms with E-state index >= 15 is 0 Å². The molecule has 70 valence electrons. The zero-order chi connectivity index (χ0) is 9.99. The predicted molar refractivity (Wildman–Crippen MR) is 24.8 cm³/mol. The van der Waals surface area contributed by atoms with Crippen molar-refractivity contribution in [2.75, 3.05) is 0 Å². The van der Waals surface area contributed by atoms with Crippen molar-refractivity contribution in [2.45, 2.75) is 12.1 Å². The van der Waals surface area contributed by atoms with Crippen molar-refractivity contribution < 1.29 is 30.7 Å². The Morgan fingerprint density at radius 1 is 1.00 bits per heavy atom. The maximum Gasteiger partial charge on any atom is 0.458 e. The first kappa shape index (κ1) is 11.0. The summed E-state index contributed by atoms with van der Waals surface area (Å²) < 4.78 is 79.1. The van der Waals surface area contributed by atoms with Gasteiger partial charge in [0.25, 0.3) is 0 Å². The van der Waals surface area contributed by atoms with E-state index in [1.165, 1.54) is 0 Å². The normalized spacial score (nSPS) is 12.2. The van der Waals surface area contributed by atoms with E-state index in [2.05, 4.69) is 0 Å². The van der Waals surface area contributed by atoms with Gasteiger partial charge in [-0.25, -0.2) is 0 Å². The molecule has 0 rings (SSSR count). The molecular formula is C5HF7. The molecule has 0 aliphatic carbocycles. The van der Waals surface area contributed by atoms with Gasteiger partial charge in [0.15, 0.2) is 0 Å². The monoisotopic (exact) mass is 194 g/mol.